The summed E-state index contributed by atoms with van der Waals surface area (Å²) in [6.07, 6.45) is 2.98. The second kappa shape index (κ2) is 7.27. The first kappa shape index (κ1) is 17.7. The minimum Gasteiger partial charge on any atom is -0.376 e. The highest BCUT2D eigenvalue weighted by atomic mass is 35.5. The lowest BCUT2D eigenvalue weighted by Gasteiger charge is -2.14. The van der Waals surface area contributed by atoms with Crippen molar-refractivity contribution in [1.82, 2.24) is 0 Å². The normalized spacial score (nSPS) is 18.6. The molecule has 0 spiro atoms. The molecule has 0 aliphatic carbocycles. The summed E-state index contributed by atoms with van der Waals surface area (Å²) in [5.74, 6) is 0. The largest absolute Gasteiger partial charge is 0.376 e. The van der Waals surface area contributed by atoms with Gasteiger partial charge in [0.15, 0.2) is 9.84 Å². The van der Waals surface area contributed by atoms with Gasteiger partial charge >= 0.3 is 0 Å². The first-order valence-electron chi connectivity index (χ1n) is 6.71. The Kier molecular flexibility index (Phi) is 5.85. The van der Waals surface area contributed by atoms with Crippen LogP contribution in [0.5, 0.6) is 0 Å². The van der Waals surface area contributed by atoms with Gasteiger partial charge in [-0.3, -0.25) is 4.79 Å². The van der Waals surface area contributed by atoms with Gasteiger partial charge in [0.05, 0.1) is 34.8 Å². The highest BCUT2D eigenvalue weighted by molar-refractivity contribution is 7.90. The van der Waals surface area contributed by atoms with E-state index in [0.717, 1.165) is 19.1 Å². The molecule has 0 N–H and O–H groups in total. The number of hydrogen-bond donors (Lipinski definition) is 0. The van der Waals surface area contributed by atoms with Crippen molar-refractivity contribution >= 4 is 38.3 Å². The van der Waals surface area contributed by atoms with Crippen molar-refractivity contribution in [3.8, 4) is 0 Å². The summed E-state index contributed by atoms with van der Waals surface area (Å²) in [5, 5.41) is -0.735. The van der Waals surface area contributed by atoms with Crippen LogP contribution in [-0.2, 0) is 25.9 Å². The topological polar surface area (TPSA) is 69.7 Å². The maximum absolute atomic E-state index is 11.8. The summed E-state index contributed by atoms with van der Waals surface area (Å²) in [4.78, 5) is 11.4. The molecule has 0 saturated carbocycles. The molecule has 0 bridgehead atoms. The van der Waals surface area contributed by atoms with E-state index in [4.69, 9.17) is 32.7 Å². The Bertz CT molecular complexity index is 666. The molecule has 122 valence electrons. The van der Waals surface area contributed by atoms with Crippen molar-refractivity contribution in [2.24, 2.45) is 0 Å². The lowest BCUT2D eigenvalue weighted by Crippen LogP contribution is -2.15. The van der Waals surface area contributed by atoms with Crippen molar-refractivity contribution in [1.29, 1.82) is 0 Å². The number of ether oxygens (including phenoxy) is 2. The highest BCUT2D eigenvalue weighted by Crippen LogP contribution is 2.30. The van der Waals surface area contributed by atoms with Crippen molar-refractivity contribution in [2.75, 3.05) is 19.5 Å². The average molecular weight is 367 g/mol. The fourth-order valence-electron chi connectivity index (χ4n) is 2.31. The molecule has 1 unspecified atom stereocenters. The molecule has 1 aromatic rings. The van der Waals surface area contributed by atoms with Crippen molar-refractivity contribution in [2.45, 2.75) is 30.4 Å². The van der Waals surface area contributed by atoms with Crippen LogP contribution in [0.1, 0.15) is 28.8 Å². The summed E-state index contributed by atoms with van der Waals surface area (Å²) in [6, 6.07) is 2.62. The van der Waals surface area contributed by atoms with Crippen LogP contribution >= 0.6 is 23.2 Å². The Morgan fingerprint density at radius 1 is 1.45 bits per heavy atom. The van der Waals surface area contributed by atoms with Crippen LogP contribution in [-0.4, -0.2) is 39.2 Å². The maximum atomic E-state index is 11.8. The van der Waals surface area contributed by atoms with Crippen LogP contribution in [0.25, 0.3) is 0 Å². The van der Waals surface area contributed by atoms with E-state index in [9.17, 15) is 13.2 Å². The quantitative estimate of drug-likeness (QED) is 0.724. The van der Waals surface area contributed by atoms with E-state index in [1.807, 2.05) is 0 Å². The van der Waals surface area contributed by atoms with Gasteiger partial charge in [0, 0.05) is 18.4 Å². The van der Waals surface area contributed by atoms with E-state index >= 15 is 0 Å². The van der Waals surface area contributed by atoms with Gasteiger partial charge in [0.25, 0.3) is 5.24 Å². The molecular weight excluding hydrogens is 351 g/mol. The fourth-order valence-corrected chi connectivity index (χ4v) is 3.80. The highest BCUT2D eigenvalue weighted by Gasteiger charge is 2.22. The lowest BCUT2D eigenvalue weighted by atomic mass is 10.1. The van der Waals surface area contributed by atoms with Crippen LogP contribution in [0.4, 0.5) is 0 Å². The van der Waals surface area contributed by atoms with E-state index in [1.54, 1.807) is 0 Å². The first-order chi connectivity index (χ1) is 10.3. The van der Waals surface area contributed by atoms with Gasteiger partial charge in [0.2, 0.25) is 0 Å². The standard InChI is InChI=1S/C14H16Cl2O5S/c1-22(18,19)12-5-4-10(14(16)17)13(15)11(12)8-20-7-9-3-2-6-21-9/h4-5,9H,2-3,6-8H2,1H3. The zero-order valence-corrected chi connectivity index (χ0v) is 14.3. The van der Waals surface area contributed by atoms with Gasteiger partial charge in [-0.2, -0.15) is 0 Å². The molecule has 1 aliphatic rings. The minimum atomic E-state index is -3.50. The number of sulfone groups is 1. The molecule has 22 heavy (non-hydrogen) atoms. The summed E-state index contributed by atoms with van der Waals surface area (Å²) in [6.45, 7) is 1.03. The number of hydrogen-bond acceptors (Lipinski definition) is 5. The fraction of sp³-hybridized carbons (Fsp3) is 0.500. The van der Waals surface area contributed by atoms with E-state index in [2.05, 4.69) is 0 Å². The molecule has 0 radical (unpaired) electrons. The first-order valence-corrected chi connectivity index (χ1v) is 9.36. The van der Waals surface area contributed by atoms with Crippen molar-refractivity contribution < 1.29 is 22.7 Å². The van der Waals surface area contributed by atoms with Gasteiger partial charge in [-0.05, 0) is 36.6 Å². The number of benzene rings is 1. The number of carbonyl (C=O) groups is 1. The number of rotatable bonds is 6. The predicted molar refractivity (Wildman–Crippen MR) is 83.4 cm³/mol. The molecule has 1 fully saturated rings. The minimum absolute atomic E-state index is 0.00950. The van der Waals surface area contributed by atoms with E-state index in [1.165, 1.54) is 12.1 Å². The van der Waals surface area contributed by atoms with Crippen molar-refractivity contribution in [3.05, 3.63) is 28.3 Å². The van der Waals surface area contributed by atoms with Crippen LogP contribution in [0.15, 0.2) is 17.0 Å². The Balaban J connectivity index is 2.25. The van der Waals surface area contributed by atoms with Gasteiger partial charge < -0.3 is 9.47 Å². The van der Waals surface area contributed by atoms with E-state index in [0.29, 0.717) is 13.2 Å². The SMILES string of the molecule is CS(=O)(=O)c1ccc(C(=O)Cl)c(Cl)c1COCC1CCCO1. The zero-order chi connectivity index (χ0) is 16.3. The maximum Gasteiger partial charge on any atom is 0.253 e. The molecule has 1 aliphatic heterocycles. The molecule has 1 heterocycles. The number of halogens is 2. The third-order valence-corrected chi connectivity index (χ3v) is 5.20. The average Bonchev–Trinajstić information content (AvgIpc) is 2.91. The monoisotopic (exact) mass is 366 g/mol. The van der Waals surface area contributed by atoms with Crippen molar-refractivity contribution in [3.63, 3.8) is 0 Å². The van der Waals surface area contributed by atoms with Gasteiger partial charge in [0.1, 0.15) is 0 Å². The molecule has 2 rings (SSSR count). The molecule has 0 amide bonds. The van der Waals surface area contributed by atoms with Crippen LogP contribution in [0.3, 0.4) is 0 Å². The zero-order valence-electron chi connectivity index (χ0n) is 12.0. The third-order valence-electron chi connectivity index (χ3n) is 3.39. The summed E-state index contributed by atoms with van der Waals surface area (Å²) in [7, 11) is -3.50. The molecule has 1 atom stereocenters. The smallest absolute Gasteiger partial charge is 0.253 e. The Morgan fingerprint density at radius 3 is 2.73 bits per heavy atom. The second-order valence-electron chi connectivity index (χ2n) is 5.10. The Hall–Kier alpha value is -0.660. The predicted octanol–water partition coefficient (Wildman–Crippen LogP) is 2.82. The molecule has 8 heteroatoms. The van der Waals surface area contributed by atoms with Gasteiger partial charge in [-0.25, -0.2) is 8.42 Å². The lowest BCUT2D eigenvalue weighted by molar-refractivity contribution is 0.0100. The molecular formula is C14H16Cl2O5S. The van der Waals surface area contributed by atoms with Gasteiger partial charge in [-0.15, -0.1) is 0 Å². The summed E-state index contributed by atoms with van der Waals surface area (Å²) < 4.78 is 34.7. The summed E-state index contributed by atoms with van der Waals surface area (Å²) >= 11 is 11.6. The third kappa shape index (κ3) is 4.20. The van der Waals surface area contributed by atoms with E-state index < -0.39 is 15.1 Å². The molecule has 5 nitrogen and oxygen atoms in total. The van der Waals surface area contributed by atoms with Crippen LogP contribution < -0.4 is 0 Å². The molecule has 1 aromatic carbocycles. The molecule has 0 aromatic heterocycles. The van der Waals surface area contributed by atoms with Crippen LogP contribution in [0.2, 0.25) is 5.02 Å². The number of carbonyl (C=O) groups excluding carboxylic acids is 1. The van der Waals surface area contributed by atoms with E-state index in [-0.39, 0.29) is 33.8 Å². The van der Waals surface area contributed by atoms with Gasteiger partial charge in [-0.1, -0.05) is 11.6 Å². The Labute approximate surface area is 139 Å². The second-order valence-corrected chi connectivity index (χ2v) is 7.81. The Morgan fingerprint density at radius 2 is 2.18 bits per heavy atom. The van der Waals surface area contributed by atoms with Crippen LogP contribution in [0, 0.1) is 0 Å². The molecule has 1 saturated heterocycles. The summed E-state index contributed by atoms with van der Waals surface area (Å²) in [5.41, 5.74) is 0.306.